The summed E-state index contributed by atoms with van der Waals surface area (Å²) in [6.07, 6.45) is 20.3. The lowest BCUT2D eigenvalue weighted by molar-refractivity contribution is -0.163. The van der Waals surface area contributed by atoms with Crippen LogP contribution in [-0.2, 0) is 38.1 Å². The molecule has 0 saturated carbocycles. The smallest absolute Gasteiger partial charge is 0.329 e. The standard InChI is InChI=1S/C38H60N2O8/c1-3-5-7-9-11-13-15-17-23-33(41)39-25-19-21-29(39)37(43)47-31-27-45-36-32(28-46-35(31)36)48-38(44)30-22-20-26-40(30)34(42)24-18-16-14-12-10-8-6-4-2/h3-4,29-32,35-36H,1-2,5-28H2/t29?,30?,31-,32+,35-,36-/m1/s1. The zero-order chi connectivity index (χ0) is 34.1. The molecule has 4 heterocycles. The van der Waals surface area contributed by atoms with Crippen LogP contribution in [0.15, 0.2) is 25.3 Å². The van der Waals surface area contributed by atoms with Gasteiger partial charge in [0.15, 0.2) is 12.2 Å². The van der Waals surface area contributed by atoms with Crippen LogP contribution in [0.5, 0.6) is 0 Å². The largest absolute Gasteiger partial charge is 0.455 e. The van der Waals surface area contributed by atoms with Crippen molar-refractivity contribution in [1.29, 1.82) is 0 Å². The highest BCUT2D eigenvalue weighted by atomic mass is 16.7. The first kappa shape index (κ1) is 38.1. The fourth-order valence-corrected chi connectivity index (χ4v) is 7.54. The van der Waals surface area contributed by atoms with Gasteiger partial charge in [-0.2, -0.15) is 0 Å². The zero-order valence-corrected chi connectivity index (χ0v) is 29.2. The Labute approximate surface area is 287 Å². The highest BCUT2D eigenvalue weighted by molar-refractivity contribution is 5.86. The third-order valence-electron chi connectivity index (χ3n) is 10.3. The van der Waals surface area contributed by atoms with Crippen LogP contribution < -0.4 is 0 Å². The first-order chi connectivity index (χ1) is 23.4. The summed E-state index contributed by atoms with van der Waals surface area (Å²) in [5.41, 5.74) is 0. The van der Waals surface area contributed by atoms with E-state index in [1.54, 1.807) is 9.80 Å². The normalized spacial score (nSPS) is 26.4. The van der Waals surface area contributed by atoms with Gasteiger partial charge in [0.25, 0.3) is 0 Å². The van der Waals surface area contributed by atoms with Gasteiger partial charge in [0.2, 0.25) is 11.8 Å². The second-order valence-corrected chi connectivity index (χ2v) is 13.9. The van der Waals surface area contributed by atoms with Gasteiger partial charge in [-0.3, -0.25) is 9.59 Å². The van der Waals surface area contributed by atoms with E-state index in [0.717, 1.165) is 64.2 Å². The summed E-state index contributed by atoms with van der Waals surface area (Å²) in [5, 5.41) is 0. The molecule has 0 bridgehead atoms. The van der Waals surface area contributed by atoms with Crippen LogP contribution in [-0.4, -0.2) is 96.4 Å². The van der Waals surface area contributed by atoms with Gasteiger partial charge in [-0.25, -0.2) is 9.59 Å². The lowest BCUT2D eigenvalue weighted by atomic mass is 10.1. The summed E-state index contributed by atoms with van der Waals surface area (Å²) in [5.74, 6) is -0.816. The highest BCUT2D eigenvalue weighted by Crippen LogP contribution is 2.33. The predicted molar refractivity (Wildman–Crippen MR) is 183 cm³/mol. The zero-order valence-electron chi connectivity index (χ0n) is 29.2. The quantitative estimate of drug-likeness (QED) is 0.0759. The summed E-state index contributed by atoms with van der Waals surface area (Å²) in [7, 11) is 0. The van der Waals surface area contributed by atoms with Gasteiger partial charge in [0, 0.05) is 25.9 Å². The van der Waals surface area contributed by atoms with Crippen molar-refractivity contribution in [3.63, 3.8) is 0 Å². The number of rotatable bonds is 22. The maximum atomic E-state index is 13.2. The second kappa shape index (κ2) is 20.7. The van der Waals surface area contributed by atoms with Gasteiger partial charge in [-0.15, -0.1) is 13.2 Å². The molecule has 0 aromatic carbocycles. The van der Waals surface area contributed by atoms with Crippen molar-refractivity contribution in [3.05, 3.63) is 25.3 Å². The first-order valence-electron chi connectivity index (χ1n) is 18.9. The molecule has 6 atom stereocenters. The predicted octanol–water partition coefficient (Wildman–Crippen LogP) is 6.20. The van der Waals surface area contributed by atoms with E-state index in [-0.39, 0.29) is 25.0 Å². The maximum Gasteiger partial charge on any atom is 0.329 e. The van der Waals surface area contributed by atoms with Crippen molar-refractivity contribution in [3.8, 4) is 0 Å². The molecular formula is C38H60N2O8. The van der Waals surface area contributed by atoms with Crippen LogP contribution in [0.1, 0.15) is 128 Å². The average Bonchev–Trinajstić information content (AvgIpc) is 3.90. The molecule has 4 fully saturated rings. The lowest BCUT2D eigenvalue weighted by Crippen LogP contribution is -2.45. The molecule has 4 saturated heterocycles. The molecule has 2 unspecified atom stereocenters. The number of carbonyl (C=O) groups excluding carboxylic acids is 4. The Balaban J connectivity index is 1.15. The van der Waals surface area contributed by atoms with Crippen molar-refractivity contribution in [2.24, 2.45) is 0 Å². The summed E-state index contributed by atoms with van der Waals surface area (Å²) >= 11 is 0. The number of hydrogen-bond donors (Lipinski definition) is 0. The summed E-state index contributed by atoms with van der Waals surface area (Å²) in [4.78, 5) is 55.8. The van der Waals surface area contributed by atoms with Crippen molar-refractivity contribution in [1.82, 2.24) is 9.80 Å². The third kappa shape index (κ3) is 11.2. The maximum absolute atomic E-state index is 13.2. The van der Waals surface area contributed by atoms with Gasteiger partial charge in [-0.05, 0) is 64.2 Å². The number of nitrogens with zero attached hydrogens (tertiary/aromatic N) is 2. The number of allylic oxidation sites excluding steroid dienone is 2. The molecule has 48 heavy (non-hydrogen) atoms. The minimum Gasteiger partial charge on any atom is -0.455 e. The van der Waals surface area contributed by atoms with Crippen LogP contribution in [0.2, 0.25) is 0 Å². The number of ether oxygens (including phenoxy) is 4. The van der Waals surface area contributed by atoms with Gasteiger partial charge < -0.3 is 28.7 Å². The van der Waals surface area contributed by atoms with Crippen molar-refractivity contribution < 1.29 is 38.1 Å². The fraction of sp³-hybridized carbons (Fsp3) is 0.789. The SMILES string of the molecule is C=CCCCCCCCCC(=O)N1CCCC1C(=O)O[C@H]1CO[C@H]2[C@@H]1OC[C@H]2OC(=O)C1CCCN1C(=O)CCCCCCCCC=C. The Bertz CT molecular complexity index is 983. The molecule has 270 valence electrons. The van der Waals surface area contributed by atoms with Gasteiger partial charge >= 0.3 is 11.9 Å². The van der Waals surface area contributed by atoms with E-state index in [4.69, 9.17) is 18.9 Å². The summed E-state index contributed by atoms with van der Waals surface area (Å²) in [6, 6.07) is -1.17. The minimum atomic E-state index is -0.628. The number of fused-ring (bicyclic) bond motifs is 1. The highest BCUT2D eigenvalue weighted by Gasteiger charge is 2.52. The monoisotopic (exact) mass is 672 g/mol. The van der Waals surface area contributed by atoms with Crippen LogP contribution in [0.3, 0.4) is 0 Å². The molecule has 0 N–H and O–H groups in total. The number of unbranched alkanes of at least 4 members (excludes halogenated alkanes) is 12. The third-order valence-corrected chi connectivity index (χ3v) is 10.3. The van der Waals surface area contributed by atoms with E-state index in [1.165, 1.54) is 38.5 Å². The average molecular weight is 673 g/mol. The fourth-order valence-electron chi connectivity index (χ4n) is 7.54. The number of hydrogen-bond acceptors (Lipinski definition) is 8. The van der Waals surface area contributed by atoms with Crippen LogP contribution in [0, 0.1) is 0 Å². The van der Waals surface area contributed by atoms with Crippen LogP contribution in [0.4, 0.5) is 0 Å². The van der Waals surface area contributed by atoms with E-state index in [0.29, 0.717) is 38.8 Å². The molecule has 0 aromatic rings. The van der Waals surface area contributed by atoms with Crippen molar-refractivity contribution >= 4 is 23.8 Å². The second-order valence-electron chi connectivity index (χ2n) is 13.9. The molecule has 4 aliphatic rings. The molecule has 0 spiro atoms. The number of likely N-dealkylation sites (tertiary alicyclic amines) is 2. The molecule has 0 aromatic heterocycles. The Kier molecular flexibility index (Phi) is 16.4. The lowest BCUT2D eigenvalue weighted by Gasteiger charge is -2.26. The van der Waals surface area contributed by atoms with Crippen LogP contribution in [0.25, 0.3) is 0 Å². The number of esters is 2. The van der Waals surface area contributed by atoms with Gasteiger partial charge in [-0.1, -0.05) is 63.5 Å². The Morgan fingerprint density at radius 3 is 1.35 bits per heavy atom. The van der Waals surface area contributed by atoms with Crippen molar-refractivity contribution in [2.45, 2.75) is 165 Å². The van der Waals surface area contributed by atoms with Gasteiger partial charge in [0.1, 0.15) is 24.3 Å². The topological polar surface area (TPSA) is 112 Å². The summed E-state index contributed by atoms with van der Waals surface area (Å²) < 4.78 is 23.6. The van der Waals surface area contributed by atoms with E-state index in [9.17, 15) is 19.2 Å². The molecule has 10 heteroatoms. The first-order valence-corrected chi connectivity index (χ1v) is 18.9. The molecular weight excluding hydrogens is 612 g/mol. The number of amides is 2. The minimum absolute atomic E-state index is 0.0140. The molecule has 10 nitrogen and oxygen atoms in total. The van der Waals surface area contributed by atoms with E-state index >= 15 is 0 Å². The molecule has 0 aliphatic carbocycles. The Morgan fingerprint density at radius 2 is 0.958 bits per heavy atom. The Morgan fingerprint density at radius 1 is 0.583 bits per heavy atom. The van der Waals surface area contributed by atoms with Gasteiger partial charge in [0.05, 0.1) is 13.2 Å². The van der Waals surface area contributed by atoms with E-state index in [1.807, 2.05) is 12.2 Å². The van der Waals surface area contributed by atoms with E-state index in [2.05, 4.69) is 13.2 Å². The summed E-state index contributed by atoms with van der Waals surface area (Å²) in [6.45, 7) is 8.94. The molecule has 2 amide bonds. The molecule has 0 radical (unpaired) electrons. The number of carbonyl (C=O) groups is 4. The Hall–Kier alpha value is -2.72. The van der Waals surface area contributed by atoms with Crippen molar-refractivity contribution in [2.75, 3.05) is 26.3 Å². The van der Waals surface area contributed by atoms with E-state index < -0.39 is 48.4 Å². The molecule has 4 rings (SSSR count). The van der Waals surface area contributed by atoms with Crippen LogP contribution >= 0.6 is 0 Å². The molecule has 4 aliphatic heterocycles.